The average molecular weight is 353 g/mol. The number of benzene rings is 1. The van der Waals surface area contributed by atoms with Gasteiger partial charge >= 0.3 is 0 Å². The molecule has 1 aromatic carbocycles. The second kappa shape index (κ2) is 8.79. The van der Waals surface area contributed by atoms with E-state index in [4.69, 9.17) is 0 Å². The van der Waals surface area contributed by atoms with Crippen molar-refractivity contribution in [3.8, 4) is 0 Å². The van der Waals surface area contributed by atoms with Gasteiger partial charge in [0, 0.05) is 11.1 Å². The van der Waals surface area contributed by atoms with Crippen molar-refractivity contribution in [3.05, 3.63) is 57.5 Å². The second-order valence-electron chi connectivity index (χ2n) is 7.04. The minimum absolute atomic E-state index is 0.0263. The number of carbonyl (C=O) groups is 1. The summed E-state index contributed by atoms with van der Waals surface area (Å²) >= 11 is 0. The Balaban J connectivity index is 1.73. The topological polar surface area (TPSA) is 74.8 Å². The van der Waals surface area contributed by atoms with Crippen molar-refractivity contribution in [2.75, 3.05) is 11.9 Å². The van der Waals surface area contributed by atoms with Crippen LogP contribution in [0.2, 0.25) is 0 Å². The van der Waals surface area contributed by atoms with Crippen LogP contribution >= 0.6 is 0 Å². The van der Waals surface area contributed by atoms with Crippen molar-refractivity contribution < 1.29 is 4.79 Å². The van der Waals surface area contributed by atoms with Gasteiger partial charge in [-0.3, -0.25) is 14.6 Å². The third kappa shape index (κ3) is 4.59. The molecule has 0 atom stereocenters. The number of H-pyrrole nitrogens is 1. The SMILES string of the molecule is CCc1c(CC2CCCCC2)nc(NCC(=O)c2ccccc2)[nH]c1=O. The highest BCUT2D eigenvalue weighted by molar-refractivity contribution is 5.98. The van der Waals surface area contributed by atoms with Crippen molar-refractivity contribution >= 4 is 11.7 Å². The molecular formula is C21H27N3O2. The molecule has 1 aliphatic rings. The van der Waals surface area contributed by atoms with Gasteiger partial charge in [0.25, 0.3) is 5.56 Å². The summed E-state index contributed by atoms with van der Waals surface area (Å²) in [7, 11) is 0. The predicted octanol–water partition coefficient (Wildman–Crippen LogP) is 3.75. The van der Waals surface area contributed by atoms with E-state index in [-0.39, 0.29) is 17.9 Å². The van der Waals surface area contributed by atoms with Gasteiger partial charge in [0.05, 0.1) is 12.2 Å². The van der Waals surface area contributed by atoms with Crippen molar-refractivity contribution in [1.82, 2.24) is 9.97 Å². The van der Waals surface area contributed by atoms with Crippen molar-refractivity contribution in [2.45, 2.75) is 51.9 Å². The third-order valence-electron chi connectivity index (χ3n) is 5.17. The van der Waals surface area contributed by atoms with E-state index in [1.165, 1.54) is 32.1 Å². The van der Waals surface area contributed by atoms with Gasteiger partial charge in [0.15, 0.2) is 5.78 Å². The number of anilines is 1. The van der Waals surface area contributed by atoms with Gasteiger partial charge in [-0.1, -0.05) is 69.4 Å². The zero-order valence-electron chi connectivity index (χ0n) is 15.4. The third-order valence-corrected chi connectivity index (χ3v) is 5.17. The summed E-state index contributed by atoms with van der Waals surface area (Å²) in [5.74, 6) is 0.978. The Bertz CT molecular complexity index is 793. The zero-order valence-corrected chi connectivity index (χ0v) is 15.4. The van der Waals surface area contributed by atoms with Gasteiger partial charge in [-0.15, -0.1) is 0 Å². The standard InChI is InChI=1S/C21H27N3O2/c1-2-17-18(13-15-9-5-3-6-10-15)23-21(24-20(17)26)22-14-19(25)16-11-7-4-8-12-16/h4,7-8,11-12,15H,2-3,5-6,9-10,13-14H2,1H3,(H2,22,23,24,26). The largest absolute Gasteiger partial charge is 0.348 e. The molecule has 0 bridgehead atoms. The number of aromatic nitrogens is 2. The molecule has 3 rings (SSSR count). The molecule has 138 valence electrons. The van der Waals surface area contributed by atoms with E-state index in [9.17, 15) is 9.59 Å². The van der Waals surface area contributed by atoms with Crippen LogP contribution in [0.5, 0.6) is 0 Å². The zero-order chi connectivity index (χ0) is 18.4. The normalized spacial score (nSPS) is 15.0. The summed E-state index contributed by atoms with van der Waals surface area (Å²) in [5, 5.41) is 3.00. The maximum atomic E-state index is 12.4. The summed E-state index contributed by atoms with van der Waals surface area (Å²) in [6.07, 6.45) is 7.81. The number of rotatable bonds is 7. The highest BCUT2D eigenvalue weighted by atomic mass is 16.1. The molecule has 1 heterocycles. The van der Waals surface area contributed by atoms with Crippen LogP contribution in [0.1, 0.15) is 60.6 Å². The lowest BCUT2D eigenvalue weighted by atomic mass is 9.85. The molecular weight excluding hydrogens is 326 g/mol. The molecule has 0 aliphatic heterocycles. The van der Waals surface area contributed by atoms with E-state index < -0.39 is 0 Å². The van der Waals surface area contributed by atoms with E-state index in [2.05, 4.69) is 15.3 Å². The fourth-order valence-electron chi connectivity index (χ4n) is 3.72. The smallest absolute Gasteiger partial charge is 0.255 e. The average Bonchev–Trinajstić information content (AvgIpc) is 2.67. The highest BCUT2D eigenvalue weighted by Gasteiger charge is 2.18. The first-order chi connectivity index (χ1) is 12.7. The summed E-state index contributed by atoms with van der Waals surface area (Å²) < 4.78 is 0. The van der Waals surface area contributed by atoms with Gasteiger partial charge in [0.2, 0.25) is 5.95 Å². The van der Waals surface area contributed by atoms with E-state index >= 15 is 0 Å². The summed E-state index contributed by atoms with van der Waals surface area (Å²) in [6.45, 7) is 2.10. The maximum absolute atomic E-state index is 12.4. The molecule has 0 spiro atoms. The predicted molar refractivity (Wildman–Crippen MR) is 104 cm³/mol. The molecule has 1 aliphatic carbocycles. The van der Waals surface area contributed by atoms with E-state index in [1.807, 2.05) is 25.1 Å². The van der Waals surface area contributed by atoms with Crippen LogP contribution in [0.15, 0.2) is 35.1 Å². The molecule has 1 saturated carbocycles. The molecule has 0 amide bonds. The second-order valence-corrected chi connectivity index (χ2v) is 7.04. The van der Waals surface area contributed by atoms with Crippen LogP contribution in [0.3, 0.4) is 0 Å². The van der Waals surface area contributed by atoms with Gasteiger partial charge in [-0.05, 0) is 18.8 Å². The summed E-state index contributed by atoms with van der Waals surface area (Å²) in [5.41, 5.74) is 2.21. The first-order valence-corrected chi connectivity index (χ1v) is 9.61. The molecule has 2 aromatic rings. The molecule has 5 nitrogen and oxygen atoms in total. The lowest BCUT2D eigenvalue weighted by Gasteiger charge is -2.22. The Kier molecular flexibility index (Phi) is 6.21. The van der Waals surface area contributed by atoms with Crippen molar-refractivity contribution in [1.29, 1.82) is 0 Å². The van der Waals surface area contributed by atoms with Crippen LogP contribution in [-0.4, -0.2) is 22.3 Å². The quantitative estimate of drug-likeness (QED) is 0.744. The number of Topliss-reactive ketones (excluding diaryl/α,β-unsaturated/α-hetero) is 1. The molecule has 0 saturated heterocycles. The van der Waals surface area contributed by atoms with Crippen molar-refractivity contribution in [3.63, 3.8) is 0 Å². The number of hydrogen-bond donors (Lipinski definition) is 2. The molecule has 1 aromatic heterocycles. The Labute approximate surface area is 154 Å². The van der Waals surface area contributed by atoms with E-state index in [1.54, 1.807) is 12.1 Å². The van der Waals surface area contributed by atoms with E-state index in [0.29, 0.717) is 23.9 Å². The number of ketones is 1. The molecule has 2 N–H and O–H groups in total. The van der Waals surface area contributed by atoms with Gasteiger partial charge in [0.1, 0.15) is 0 Å². The number of nitrogens with one attached hydrogen (secondary N) is 2. The number of aromatic amines is 1. The fourth-order valence-corrected chi connectivity index (χ4v) is 3.72. The lowest BCUT2D eigenvalue weighted by Crippen LogP contribution is -2.24. The Morgan fingerprint density at radius 2 is 1.92 bits per heavy atom. The van der Waals surface area contributed by atoms with Gasteiger partial charge < -0.3 is 5.32 Å². The summed E-state index contributed by atoms with van der Waals surface area (Å²) in [6, 6.07) is 9.13. The molecule has 0 unspecified atom stereocenters. The first kappa shape index (κ1) is 18.4. The Morgan fingerprint density at radius 3 is 2.62 bits per heavy atom. The minimum Gasteiger partial charge on any atom is -0.348 e. The van der Waals surface area contributed by atoms with Gasteiger partial charge in [-0.25, -0.2) is 4.98 Å². The first-order valence-electron chi connectivity index (χ1n) is 9.61. The Morgan fingerprint density at radius 1 is 1.19 bits per heavy atom. The fraction of sp³-hybridized carbons (Fsp3) is 0.476. The van der Waals surface area contributed by atoms with Crippen LogP contribution in [0.25, 0.3) is 0 Å². The molecule has 5 heteroatoms. The summed E-state index contributed by atoms with van der Waals surface area (Å²) in [4.78, 5) is 32.1. The van der Waals surface area contributed by atoms with Crippen LogP contribution in [-0.2, 0) is 12.8 Å². The Hall–Kier alpha value is -2.43. The number of hydrogen-bond acceptors (Lipinski definition) is 4. The monoisotopic (exact) mass is 353 g/mol. The molecule has 1 fully saturated rings. The maximum Gasteiger partial charge on any atom is 0.255 e. The number of carbonyl (C=O) groups excluding carboxylic acids is 1. The van der Waals surface area contributed by atoms with E-state index in [0.717, 1.165) is 17.7 Å². The van der Waals surface area contributed by atoms with Crippen LogP contribution in [0.4, 0.5) is 5.95 Å². The highest BCUT2D eigenvalue weighted by Crippen LogP contribution is 2.27. The van der Waals surface area contributed by atoms with Gasteiger partial charge in [-0.2, -0.15) is 0 Å². The number of nitrogens with zero attached hydrogens (tertiary/aromatic N) is 1. The molecule has 0 radical (unpaired) electrons. The van der Waals surface area contributed by atoms with Crippen LogP contribution in [0, 0.1) is 5.92 Å². The molecule has 26 heavy (non-hydrogen) atoms. The van der Waals surface area contributed by atoms with Crippen molar-refractivity contribution in [2.24, 2.45) is 5.92 Å². The van der Waals surface area contributed by atoms with Crippen LogP contribution < -0.4 is 10.9 Å². The minimum atomic E-state index is -0.0945. The lowest BCUT2D eigenvalue weighted by molar-refractivity contribution is 0.101.